The van der Waals surface area contributed by atoms with Gasteiger partial charge in [-0.25, -0.2) is 0 Å². The summed E-state index contributed by atoms with van der Waals surface area (Å²) in [7, 11) is -6.92. The van der Waals surface area contributed by atoms with E-state index in [-0.39, 0.29) is 2.85 Å². The van der Waals surface area contributed by atoms with Crippen LogP contribution < -0.4 is 30.6 Å². The van der Waals surface area contributed by atoms with Gasteiger partial charge in [-0.15, -0.1) is 0 Å². The fraction of sp³-hybridized carbons (Fsp3) is 0.100. The maximum Gasteiger partial charge on any atom is 1.00 e. The Morgan fingerprint density at radius 2 is 0.923 bits per heavy atom. The average Bonchev–Trinajstić information content (AvgIpc) is 2.64. The third kappa shape index (κ3) is 5.35. The zero-order valence-corrected chi connectivity index (χ0v) is 16.2. The maximum atomic E-state index is 8.55. The molecule has 0 aliphatic heterocycles. The van der Waals surface area contributed by atoms with E-state index >= 15 is 0 Å². The maximum absolute atomic E-state index is 8.55. The number of phosphoric acid groups is 1. The zero-order valence-electron chi connectivity index (χ0n) is 16.4. The van der Waals surface area contributed by atoms with E-state index in [4.69, 9.17) is 19.2 Å². The fourth-order valence-electron chi connectivity index (χ4n) is 3.04. The SMILES string of the molecule is CC[P+](c1ccccc1)(c1ccccc1)c1ccccc1.O=P([O-])([O-])[O-].[H+].[H+]. The van der Waals surface area contributed by atoms with Crippen LogP contribution in [-0.2, 0) is 4.57 Å². The van der Waals surface area contributed by atoms with Crippen LogP contribution >= 0.6 is 15.1 Å². The zero-order chi connectivity index (χ0) is 19.0. The molecule has 0 bridgehead atoms. The Bertz CT molecular complexity index is 739. The van der Waals surface area contributed by atoms with E-state index < -0.39 is 15.1 Å². The summed E-state index contributed by atoms with van der Waals surface area (Å²) in [5.74, 6) is 0. The van der Waals surface area contributed by atoms with Crippen LogP contribution in [0.5, 0.6) is 0 Å². The van der Waals surface area contributed by atoms with Crippen LogP contribution in [-0.4, -0.2) is 6.16 Å². The molecule has 0 spiro atoms. The van der Waals surface area contributed by atoms with Gasteiger partial charge in [0.15, 0.2) is 0 Å². The van der Waals surface area contributed by atoms with Crippen molar-refractivity contribution in [3.05, 3.63) is 91.0 Å². The molecule has 3 aromatic rings. The molecule has 136 valence electrons. The molecule has 0 heterocycles. The number of benzene rings is 3. The van der Waals surface area contributed by atoms with E-state index in [0.29, 0.717) is 0 Å². The van der Waals surface area contributed by atoms with Gasteiger partial charge in [0.1, 0.15) is 23.2 Å². The second-order valence-corrected chi connectivity index (χ2v) is 10.3. The lowest BCUT2D eigenvalue weighted by Gasteiger charge is -2.36. The lowest BCUT2D eigenvalue weighted by Crippen LogP contribution is -2.32. The Balaban J connectivity index is 0.000000934. The summed E-state index contributed by atoms with van der Waals surface area (Å²) in [6, 6.07) is 33.0. The van der Waals surface area contributed by atoms with E-state index in [9.17, 15) is 0 Å². The molecule has 0 aliphatic carbocycles. The standard InChI is InChI=1S/C20H20P.H3O4P/c1-2-21(18-12-6-3-7-13-18,19-14-8-4-9-15-19)20-16-10-5-11-17-20;1-5(2,3)4/h3-17H,2H2,1H3;(H3,1,2,3,4)/q+1;/p-1. The first-order valence-corrected chi connectivity index (χ1v) is 11.6. The van der Waals surface area contributed by atoms with Crippen molar-refractivity contribution < 1.29 is 22.1 Å². The van der Waals surface area contributed by atoms with Crippen molar-refractivity contribution in [3.8, 4) is 0 Å². The van der Waals surface area contributed by atoms with Gasteiger partial charge >= 0.3 is 2.85 Å². The molecule has 0 radical (unpaired) electrons. The summed E-state index contributed by atoms with van der Waals surface area (Å²) in [4.78, 5) is 25.6. The van der Waals surface area contributed by atoms with Gasteiger partial charge in [0.2, 0.25) is 0 Å². The molecule has 0 fully saturated rings. The van der Waals surface area contributed by atoms with Crippen LogP contribution in [0.2, 0.25) is 0 Å². The molecule has 0 aliphatic rings. The van der Waals surface area contributed by atoms with Crippen LogP contribution in [0, 0.1) is 0 Å². The lowest BCUT2D eigenvalue weighted by atomic mass is 10.4. The molecule has 26 heavy (non-hydrogen) atoms. The summed E-state index contributed by atoms with van der Waals surface area (Å²) in [6.07, 6.45) is 1.14. The Labute approximate surface area is 157 Å². The summed E-state index contributed by atoms with van der Waals surface area (Å²) in [5, 5.41) is 4.39. The molecule has 0 atom stereocenters. The van der Waals surface area contributed by atoms with E-state index in [2.05, 4.69) is 97.9 Å². The van der Waals surface area contributed by atoms with Gasteiger partial charge in [0.25, 0.3) is 0 Å². The molecular weight excluding hydrogens is 366 g/mol. The topological polar surface area (TPSA) is 86.2 Å². The number of rotatable bonds is 4. The highest BCUT2D eigenvalue weighted by Gasteiger charge is 2.43. The van der Waals surface area contributed by atoms with Gasteiger partial charge in [0.05, 0.1) is 6.16 Å². The third-order valence-electron chi connectivity index (χ3n) is 4.07. The van der Waals surface area contributed by atoms with Crippen molar-refractivity contribution in [2.24, 2.45) is 0 Å². The van der Waals surface area contributed by atoms with Gasteiger partial charge in [-0.3, -0.25) is 0 Å². The molecular formula is C20H22O4P2. The highest BCUT2D eigenvalue weighted by atomic mass is 31.2. The second kappa shape index (κ2) is 9.23. The first-order chi connectivity index (χ1) is 12.4. The molecule has 6 heteroatoms. The Morgan fingerprint density at radius 1 is 0.692 bits per heavy atom. The smallest absolute Gasteiger partial charge is 0.822 e. The largest absolute Gasteiger partial charge is 1.00 e. The number of hydrogen-bond donors (Lipinski definition) is 0. The van der Waals surface area contributed by atoms with Gasteiger partial charge in [0, 0.05) is 0 Å². The Hall–Kier alpha value is -1.80. The molecule has 0 saturated carbocycles. The molecule has 0 aromatic heterocycles. The van der Waals surface area contributed by atoms with Crippen LogP contribution in [0.15, 0.2) is 91.0 Å². The molecule has 0 unspecified atom stereocenters. The summed E-state index contributed by atoms with van der Waals surface area (Å²) in [6.45, 7) is 2.32. The van der Waals surface area contributed by atoms with E-state index in [1.165, 1.54) is 15.9 Å². The van der Waals surface area contributed by atoms with Crippen LogP contribution in [0.25, 0.3) is 0 Å². The summed E-state index contributed by atoms with van der Waals surface area (Å²) >= 11 is 0. The van der Waals surface area contributed by atoms with Crippen molar-refractivity contribution >= 4 is 31.0 Å². The van der Waals surface area contributed by atoms with E-state index in [1.54, 1.807) is 0 Å². The summed E-state index contributed by atoms with van der Waals surface area (Å²) in [5.41, 5.74) is 0. The molecule has 0 N–H and O–H groups in total. The third-order valence-corrected chi connectivity index (χ3v) is 8.55. The molecule has 0 amide bonds. The molecule has 3 rings (SSSR count). The van der Waals surface area contributed by atoms with Crippen molar-refractivity contribution in [1.82, 2.24) is 0 Å². The average molecular weight is 388 g/mol. The van der Waals surface area contributed by atoms with Crippen LogP contribution in [0.1, 0.15) is 9.78 Å². The quantitative estimate of drug-likeness (QED) is 0.633. The predicted octanol–water partition coefficient (Wildman–Crippen LogP) is 1.40. The van der Waals surface area contributed by atoms with Gasteiger partial charge < -0.3 is 19.2 Å². The van der Waals surface area contributed by atoms with Crippen molar-refractivity contribution in [2.45, 2.75) is 6.92 Å². The summed E-state index contributed by atoms with van der Waals surface area (Å²) < 4.78 is 8.55. The lowest BCUT2D eigenvalue weighted by molar-refractivity contribution is -0.432. The van der Waals surface area contributed by atoms with Crippen LogP contribution in [0.3, 0.4) is 0 Å². The number of hydrogen-bond acceptors (Lipinski definition) is 4. The van der Waals surface area contributed by atoms with Gasteiger partial charge in [-0.05, 0) is 43.3 Å². The predicted molar refractivity (Wildman–Crippen MR) is 106 cm³/mol. The van der Waals surface area contributed by atoms with Crippen molar-refractivity contribution in [2.75, 3.05) is 6.16 Å². The highest BCUT2D eigenvalue weighted by molar-refractivity contribution is 7.95. The fourth-order valence-corrected chi connectivity index (χ4v) is 7.08. The molecule has 3 aromatic carbocycles. The first-order valence-electron chi connectivity index (χ1n) is 8.16. The minimum atomic E-state index is -5.39. The second-order valence-electron chi connectivity index (χ2n) is 5.58. The Kier molecular flexibility index (Phi) is 7.28. The van der Waals surface area contributed by atoms with Gasteiger partial charge in [-0.1, -0.05) is 54.6 Å². The van der Waals surface area contributed by atoms with E-state index in [1.807, 2.05) is 0 Å². The highest BCUT2D eigenvalue weighted by Crippen LogP contribution is 2.54. The van der Waals surface area contributed by atoms with Crippen molar-refractivity contribution in [1.29, 1.82) is 0 Å². The van der Waals surface area contributed by atoms with Gasteiger partial charge in [-0.2, -0.15) is 7.82 Å². The normalized spacial score (nSPS) is 11.4. The first kappa shape index (κ1) is 20.5. The Morgan fingerprint density at radius 3 is 1.12 bits per heavy atom. The van der Waals surface area contributed by atoms with Crippen molar-refractivity contribution in [3.63, 3.8) is 0 Å². The van der Waals surface area contributed by atoms with Crippen LogP contribution in [0.4, 0.5) is 0 Å². The van der Waals surface area contributed by atoms with E-state index in [0.717, 1.165) is 6.16 Å². The monoisotopic (exact) mass is 388 g/mol. The minimum absolute atomic E-state index is 0. The minimum Gasteiger partial charge on any atom is -0.822 e. The molecule has 4 nitrogen and oxygen atoms in total. The molecule has 0 saturated heterocycles.